The molecule has 0 unspecified atom stereocenters. The van der Waals surface area contributed by atoms with E-state index in [2.05, 4.69) is 219 Å². The molecule has 86 heavy (non-hydrogen) atoms. The topological polar surface area (TPSA) is 152 Å². The minimum atomic E-state index is 0. The van der Waals surface area contributed by atoms with Gasteiger partial charge in [0.1, 0.15) is 0 Å². The molecule has 22 heteroatoms. The molecule has 14 nitrogen and oxygen atoms in total. The third-order valence-electron chi connectivity index (χ3n) is 12.3. The van der Waals surface area contributed by atoms with Gasteiger partial charge in [0.05, 0.1) is 0 Å². The molecule has 0 spiro atoms. The van der Waals surface area contributed by atoms with Gasteiger partial charge in [-0.15, -0.1) is 0 Å². The van der Waals surface area contributed by atoms with Crippen LogP contribution in [0.15, 0.2) is 215 Å². The molecule has 8 aliphatic rings. The monoisotopic (exact) mass is 1400 g/mol. The second-order valence-electron chi connectivity index (χ2n) is 19.1. The molecule has 0 radical (unpaired) electrons. The minimum absolute atomic E-state index is 0. The van der Waals surface area contributed by atoms with E-state index in [4.69, 9.17) is 48.9 Å². The molecule has 8 rings (SSSR count). The van der Waals surface area contributed by atoms with Crippen LogP contribution in [0.3, 0.4) is 0 Å². The van der Waals surface area contributed by atoms with Crippen LogP contribution in [0.5, 0.6) is 0 Å². The molecule has 0 aromatic rings. The Morgan fingerprint density at radius 3 is 0.663 bits per heavy atom. The Bertz CT molecular complexity index is 2100. The van der Waals surface area contributed by atoms with Crippen molar-refractivity contribution in [2.24, 2.45) is 44.1 Å². The maximum absolute atomic E-state index is 5.45. The molecular weight excluding hydrogens is 1320 g/mol. The summed E-state index contributed by atoms with van der Waals surface area (Å²) in [6, 6.07) is 0. The summed E-state index contributed by atoms with van der Waals surface area (Å²) in [5.74, 6) is 0.842. The number of nitrogens with one attached hydrogen (secondary N) is 8. The van der Waals surface area contributed by atoms with Crippen molar-refractivity contribution in [1.29, 1.82) is 0 Å². The number of unbranched alkanes of at least 4 members (excludes halogenated alkanes) is 1. The van der Waals surface area contributed by atoms with Gasteiger partial charge in [0.15, 0.2) is 20.4 Å². The quantitative estimate of drug-likeness (QED) is 0.0118. The Kier molecular flexibility index (Phi) is 54.8. The molecule has 0 saturated carbocycles. The molecular formula is C64H88Fe4N14S4+8. The number of thiocarbonyl (C=S) groups is 4. The summed E-state index contributed by atoms with van der Waals surface area (Å²) >= 11 is 21.8. The van der Waals surface area contributed by atoms with E-state index in [9.17, 15) is 0 Å². The second kappa shape index (κ2) is 58.0. The van der Waals surface area contributed by atoms with Crippen LogP contribution >= 0.6 is 48.9 Å². The van der Waals surface area contributed by atoms with Crippen molar-refractivity contribution >= 4 is 94.2 Å². The predicted molar refractivity (Wildman–Crippen MR) is 368 cm³/mol. The Morgan fingerprint density at radius 1 is 0.302 bits per heavy atom. The van der Waals surface area contributed by atoms with E-state index in [1.807, 2.05) is 73.5 Å². The summed E-state index contributed by atoms with van der Waals surface area (Å²) in [6.45, 7) is 8.83. The molecule has 0 aromatic heterocycles. The smallest absolute Gasteiger partial charge is 0.361 e. The molecule has 0 heterocycles. The maximum atomic E-state index is 5.45. The van der Waals surface area contributed by atoms with Crippen molar-refractivity contribution in [2.45, 2.75) is 64.2 Å². The van der Waals surface area contributed by atoms with E-state index in [1.54, 1.807) is 0 Å². The van der Waals surface area contributed by atoms with E-state index < -0.39 is 0 Å². The van der Waals surface area contributed by atoms with Crippen LogP contribution in [-0.4, -0.2) is 121 Å². The zero-order valence-electron chi connectivity index (χ0n) is 49.0. The summed E-state index contributed by atoms with van der Waals surface area (Å²) in [5.41, 5.74) is 11.7. The van der Waals surface area contributed by atoms with E-state index in [1.165, 1.54) is 0 Å². The van der Waals surface area contributed by atoms with Gasteiger partial charge in [0.2, 0.25) is 0 Å². The number of hydrogen-bond donors (Lipinski definition) is 8. The number of hydrazone groups is 4. The third-order valence-corrected chi connectivity index (χ3v) is 13.3. The fourth-order valence-electron chi connectivity index (χ4n) is 8.01. The first-order valence-electron chi connectivity index (χ1n) is 28.8. The average Bonchev–Trinajstić information content (AvgIpc) is 4.38. The first-order chi connectivity index (χ1) is 40.4. The van der Waals surface area contributed by atoms with Crippen molar-refractivity contribution < 1.29 is 68.3 Å². The van der Waals surface area contributed by atoms with E-state index in [-0.39, 0.29) is 91.9 Å². The Balaban J connectivity index is 0.00000251. The zero-order chi connectivity index (χ0) is 57.9. The molecule has 462 valence electrons. The average molecular weight is 1410 g/mol. The standard InChI is InChI=1S/C44H64N14S4.4C5H6.4Fe/c59-41(53-49-33-37-15-1-2-16-37)45-23-11-29-57(30-12-24-46-42(60)54-50-34-38-17-3-4-18-38)27-9-10-28-58(31-13-25-47-43(61)55-51-35-39-19-5-6-20-39)32-14-26-48-44(62)56-52-36-40-21-7-8-22-40;4*1-2-4-5-3-1;;;;/h1-8,15-22,33-40H,9-14,23-32H2,(H2,45,53,59)(H2,46,54,60)(H2,47,55,61)(H2,48,56,62);4*1-4H,5H2;;;;/q;;;;;4*+2/b49-33+,50-34+,51-35+,52-36+;;;;;;;;. The maximum Gasteiger partial charge on any atom is 2.00 e. The van der Waals surface area contributed by atoms with Crippen molar-refractivity contribution in [3.8, 4) is 0 Å². The van der Waals surface area contributed by atoms with Crippen molar-refractivity contribution in [3.05, 3.63) is 194 Å². The summed E-state index contributed by atoms with van der Waals surface area (Å²) in [7, 11) is 0. The fraction of sp³-hybridized carbons (Fsp3) is 0.375. The van der Waals surface area contributed by atoms with E-state index in [0.29, 0.717) is 20.4 Å². The van der Waals surface area contributed by atoms with Crippen LogP contribution in [0.25, 0.3) is 0 Å². The largest absolute Gasteiger partial charge is 2.00 e. The van der Waals surface area contributed by atoms with Gasteiger partial charge in [0, 0.05) is 74.7 Å². The molecule has 0 amide bonds. The first kappa shape index (κ1) is 81.3. The first-order valence-corrected chi connectivity index (χ1v) is 30.5. The van der Waals surface area contributed by atoms with E-state index >= 15 is 0 Å². The summed E-state index contributed by atoms with van der Waals surface area (Å²) in [5, 5.41) is 32.4. The minimum Gasteiger partial charge on any atom is -0.361 e. The van der Waals surface area contributed by atoms with Crippen LogP contribution in [0.4, 0.5) is 0 Å². The molecule has 0 aromatic carbocycles. The summed E-state index contributed by atoms with van der Waals surface area (Å²) in [6.07, 6.45) is 84.1. The van der Waals surface area contributed by atoms with Gasteiger partial charge in [-0.1, -0.05) is 194 Å². The van der Waals surface area contributed by atoms with Crippen LogP contribution in [-0.2, 0) is 68.3 Å². The molecule has 8 aliphatic carbocycles. The summed E-state index contributed by atoms with van der Waals surface area (Å²) < 4.78 is 0. The number of rotatable bonds is 29. The van der Waals surface area contributed by atoms with Gasteiger partial charge in [0.25, 0.3) is 0 Å². The van der Waals surface area contributed by atoms with Crippen molar-refractivity contribution in [1.82, 2.24) is 52.8 Å². The number of hydrogen-bond acceptors (Lipinski definition) is 10. The molecule has 0 atom stereocenters. The van der Waals surface area contributed by atoms with Gasteiger partial charge in [-0.2, -0.15) is 20.4 Å². The SMILES string of the molecule is C1=CCC=C1.C1=CCC=C1.C1=CCC=C1.C1=CCC=C1.S=C(NCCCN(CCCCN(CCCNC(=S)N/N=C/C1C=CC=C1)CCCNC(=S)N/N=C/C1C=CC=C1)CCCNC(=S)N/N=C/C1C=CC=C1)N/N=C/C1C=CC=C1.[Fe+2].[Fe+2].[Fe+2].[Fe+2]. The van der Waals surface area contributed by atoms with Gasteiger partial charge in [-0.05, 0) is 152 Å². The van der Waals surface area contributed by atoms with Gasteiger partial charge < -0.3 is 31.1 Å². The molecule has 0 bridgehead atoms. The van der Waals surface area contributed by atoms with E-state index in [0.717, 1.165) is 130 Å². The van der Waals surface area contributed by atoms with Crippen molar-refractivity contribution in [3.63, 3.8) is 0 Å². The molecule has 0 saturated heterocycles. The second-order valence-corrected chi connectivity index (χ2v) is 20.8. The Morgan fingerprint density at radius 2 is 0.488 bits per heavy atom. The Hall–Kier alpha value is -4.72. The number of allylic oxidation sites excluding steroid dienone is 32. The van der Waals surface area contributed by atoms with Crippen LogP contribution < -0.4 is 43.0 Å². The summed E-state index contributed by atoms with van der Waals surface area (Å²) in [4.78, 5) is 5.07. The molecule has 8 N–H and O–H groups in total. The normalized spacial score (nSPS) is 15.6. The van der Waals surface area contributed by atoms with Gasteiger partial charge in [-0.3, -0.25) is 21.7 Å². The predicted octanol–water partition coefficient (Wildman–Crippen LogP) is 10.7. The third kappa shape index (κ3) is 46.4. The Labute approximate surface area is 578 Å². The number of nitrogens with zero attached hydrogens (tertiary/aromatic N) is 6. The van der Waals surface area contributed by atoms with Gasteiger partial charge in [-0.25, -0.2) is 0 Å². The molecule has 0 aliphatic heterocycles. The zero-order valence-corrected chi connectivity index (χ0v) is 56.6. The van der Waals surface area contributed by atoms with Crippen molar-refractivity contribution in [2.75, 3.05) is 65.4 Å². The van der Waals surface area contributed by atoms with Crippen LogP contribution in [0, 0.1) is 23.7 Å². The fourth-order valence-corrected chi connectivity index (χ4v) is 8.63. The van der Waals surface area contributed by atoms with Crippen LogP contribution in [0.1, 0.15) is 64.2 Å². The van der Waals surface area contributed by atoms with Gasteiger partial charge >= 0.3 is 68.3 Å². The van der Waals surface area contributed by atoms with Crippen LogP contribution in [0.2, 0.25) is 0 Å². The molecule has 0 fully saturated rings.